The van der Waals surface area contributed by atoms with Gasteiger partial charge in [-0.1, -0.05) is 121 Å². The van der Waals surface area contributed by atoms with Crippen molar-refractivity contribution in [2.24, 2.45) is 35.5 Å². The molecule has 0 aliphatic heterocycles. The average Bonchev–Trinajstić information content (AvgIpc) is 2.70. The molecule has 0 aromatic carbocycles. The molecule has 2 N–H and O–H groups in total. The van der Waals surface area contributed by atoms with Gasteiger partial charge in [0.2, 0.25) is 0 Å². The van der Waals surface area contributed by atoms with Gasteiger partial charge in [0, 0.05) is 18.0 Å². The van der Waals surface area contributed by atoms with Crippen molar-refractivity contribution in [2.45, 2.75) is 155 Å². The first kappa shape index (κ1) is 42.8. The fraction of sp³-hybridized carbons (Fsp3) is 0.879. The maximum Gasteiger partial charge on any atom is 0.315 e. The predicted octanol–water partition coefficient (Wildman–Crippen LogP) is 10.1. The third-order valence-corrected chi connectivity index (χ3v) is 4.94. The molecule has 0 saturated heterocycles. The highest BCUT2D eigenvalue weighted by molar-refractivity contribution is 5.91. The van der Waals surface area contributed by atoms with Gasteiger partial charge in [-0.25, -0.2) is 4.79 Å². The minimum absolute atomic E-state index is 0.0926. The second-order valence-corrected chi connectivity index (χ2v) is 13.2. The molecule has 4 heteroatoms. The fourth-order valence-corrected chi connectivity index (χ4v) is 2.65. The normalized spacial score (nSPS) is 11.1. The van der Waals surface area contributed by atoms with Crippen LogP contribution in [-0.2, 0) is 4.79 Å². The van der Waals surface area contributed by atoms with E-state index in [0.717, 1.165) is 23.7 Å². The number of amides is 2. The predicted molar refractivity (Wildman–Crippen MR) is 168 cm³/mol. The second kappa shape index (κ2) is 27.7. The second-order valence-electron chi connectivity index (χ2n) is 13.2. The Kier molecular flexibility index (Phi) is 32.0. The standard InChI is InChI=1S/C9H16O.C9H20.C8H18.C7H16N2O/c1-7(2)5-6-9(10)8(3)4;1-8(2)6-5-7-9(3)4;1-7(2)5-6-8(3)4;1-5(2)8-7(10)9-6(3)4/h5-8H,1-4H3;8-9H,5-7H2,1-4H3;7-8H,5-6H2,1-4H3;5-6H,1-4H3,(H2,8,9,10)/b6-5+;;;. The third kappa shape index (κ3) is 52.0. The van der Waals surface area contributed by atoms with E-state index in [4.69, 9.17) is 0 Å². The molecule has 4 nitrogen and oxygen atoms in total. The number of nitrogens with one attached hydrogen (secondary N) is 2. The van der Waals surface area contributed by atoms with Gasteiger partial charge in [0.15, 0.2) is 5.78 Å². The summed E-state index contributed by atoms with van der Waals surface area (Å²) in [6, 6.07) is 0.322. The number of hydrogen-bond donors (Lipinski definition) is 2. The summed E-state index contributed by atoms with van der Waals surface area (Å²) in [7, 11) is 0. The van der Waals surface area contributed by atoms with Crippen molar-refractivity contribution < 1.29 is 9.59 Å². The van der Waals surface area contributed by atoms with Crippen LogP contribution in [0.15, 0.2) is 12.2 Å². The zero-order chi connectivity index (χ0) is 30.1. The number of rotatable bonds is 12. The van der Waals surface area contributed by atoms with Crippen molar-refractivity contribution in [1.29, 1.82) is 0 Å². The summed E-state index contributed by atoms with van der Waals surface area (Å²) < 4.78 is 0. The Labute approximate surface area is 234 Å². The molecule has 0 fully saturated rings. The van der Waals surface area contributed by atoms with Crippen LogP contribution in [0.2, 0.25) is 0 Å². The lowest BCUT2D eigenvalue weighted by atomic mass is 10.0. The molecule has 0 spiro atoms. The van der Waals surface area contributed by atoms with Crippen LogP contribution < -0.4 is 10.6 Å². The van der Waals surface area contributed by atoms with Crippen LogP contribution in [0.4, 0.5) is 4.79 Å². The van der Waals surface area contributed by atoms with E-state index in [2.05, 4.69) is 79.9 Å². The van der Waals surface area contributed by atoms with Crippen molar-refractivity contribution in [3.8, 4) is 0 Å². The Morgan fingerprint density at radius 1 is 0.541 bits per heavy atom. The van der Waals surface area contributed by atoms with E-state index in [1.807, 2.05) is 47.6 Å². The highest BCUT2D eigenvalue weighted by Gasteiger charge is 2.02. The molecule has 0 heterocycles. The van der Waals surface area contributed by atoms with Gasteiger partial charge in [-0.2, -0.15) is 0 Å². The first-order valence-corrected chi connectivity index (χ1v) is 15.1. The maximum absolute atomic E-state index is 11.0. The molecule has 0 radical (unpaired) electrons. The quantitative estimate of drug-likeness (QED) is 0.248. The summed E-state index contributed by atoms with van der Waals surface area (Å²) in [5.41, 5.74) is 0. The molecule has 0 rings (SSSR count). The average molecular weight is 527 g/mol. The summed E-state index contributed by atoms with van der Waals surface area (Å²) in [5, 5.41) is 5.45. The van der Waals surface area contributed by atoms with Crippen molar-refractivity contribution in [3.05, 3.63) is 12.2 Å². The molecule has 0 atom stereocenters. The van der Waals surface area contributed by atoms with Crippen LogP contribution in [0.3, 0.4) is 0 Å². The van der Waals surface area contributed by atoms with Gasteiger partial charge in [0.25, 0.3) is 0 Å². The highest BCUT2D eigenvalue weighted by Crippen LogP contribution is 2.11. The van der Waals surface area contributed by atoms with Crippen molar-refractivity contribution in [3.63, 3.8) is 0 Å². The lowest BCUT2D eigenvalue weighted by Gasteiger charge is -2.11. The zero-order valence-corrected chi connectivity index (χ0v) is 28.1. The minimum atomic E-state index is -0.0926. The number of carbonyl (C=O) groups excluding carboxylic acids is 2. The number of hydrogen-bond acceptors (Lipinski definition) is 2. The minimum Gasteiger partial charge on any atom is -0.336 e. The first-order chi connectivity index (χ1) is 16.8. The van der Waals surface area contributed by atoms with Gasteiger partial charge >= 0.3 is 6.03 Å². The molecule has 0 aliphatic rings. The molecule has 37 heavy (non-hydrogen) atoms. The molecule has 0 aliphatic carbocycles. The highest BCUT2D eigenvalue weighted by atomic mass is 16.2. The number of urea groups is 1. The smallest absolute Gasteiger partial charge is 0.315 e. The van der Waals surface area contributed by atoms with Crippen molar-refractivity contribution >= 4 is 11.8 Å². The molecule has 224 valence electrons. The van der Waals surface area contributed by atoms with E-state index in [1.54, 1.807) is 6.08 Å². The largest absolute Gasteiger partial charge is 0.336 e. The molecular formula is C33H70N2O2. The van der Waals surface area contributed by atoms with Gasteiger partial charge in [-0.15, -0.1) is 0 Å². The van der Waals surface area contributed by atoms with E-state index < -0.39 is 0 Å². The number of ketones is 1. The zero-order valence-electron chi connectivity index (χ0n) is 28.1. The lowest BCUT2D eigenvalue weighted by molar-refractivity contribution is -0.117. The summed E-state index contributed by atoms with van der Waals surface area (Å²) >= 11 is 0. The summed E-state index contributed by atoms with van der Waals surface area (Å²) in [6.45, 7) is 33.9. The van der Waals surface area contributed by atoms with Gasteiger partial charge < -0.3 is 10.6 Å². The molecule has 0 aromatic heterocycles. The third-order valence-electron chi connectivity index (χ3n) is 4.94. The lowest BCUT2D eigenvalue weighted by Crippen LogP contribution is -2.42. The molecule has 0 unspecified atom stereocenters. The van der Waals surface area contributed by atoms with Crippen LogP contribution in [0.1, 0.15) is 143 Å². The van der Waals surface area contributed by atoms with E-state index in [0.29, 0.717) is 5.92 Å². The number of allylic oxidation sites excluding steroid dienone is 2. The summed E-state index contributed by atoms with van der Waals surface area (Å²) in [5.74, 6) is 4.38. The van der Waals surface area contributed by atoms with Crippen LogP contribution in [0.25, 0.3) is 0 Å². The van der Waals surface area contributed by atoms with Crippen LogP contribution in [0.5, 0.6) is 0 Å². The van der Waals surface area contributed by atoms with E-state index in [9.17, 15) is 9.59 Å². The van der Waals surface area contributed by atoms with Crippen LogP contribution >= 0.6 is 0 Å². The topological polar surface area (TPSA) is 58.2 Å². The number of carbonyl (C=O) groups is 2. The van der Waals surface area contributed by atoms with Crippen molar-refractivity contribution in [1.82, 2.24) is 10.6 Å². The first-order valence-electron chi connectivity index (χ1n) is 15.1. The monoisotopic (exact) mass is 527 g/mol. The maximum atomic E-state index is 11.0. The van der Waals surface area contributed by atoms with Gasteiger partial charge in [-0.05, 0) is 63.4 Å². The van der Waals surface area contributed by atoms with Crippen LogP contribution in [0, 0.1) is 35.5 Å². The van der Waals surface area contributed by atoms with E-state index in [1.165, 1.54) is 32.1 Å². The summed E-state index contributed by atoms with van der Waals surface area (Å²) in [4.78, 5) is 21.8. The Morgan fingerprint density at radius 2 is 0.865 bits per heavy atom. The Hall–Kier alpha value is -1.32. The Bertz CT molecular complexity index is 502. The van der Waals surface area contributed by atoms with Gasteiger partial charge in [0.05, 0.1) is 0 Å². The van der Waals surface area contributed by atoms with Gasteiger partial charge in [-0.3, -0.25) is 4.79 Å². The summed E-state index contributed by atoms with van der Waals surface area (Å²) in [6.07, 6.45) is 10.6. The fourth-order valence-electron chi connectivity index (χ4n) is 2.65. The Balaban J connectivity index is -0.000000197. The molecule has 2 amide bonds. The SMILES string of the molecule is CC(C)/C=C/C(=O)C(C)C.CC(C)CCC(C)C.CC(C)CCCC(C)C.CC(C)NC(=O)NC(C)C. The van der Waals surface area contributed by atoms with Gasteiger partial charge in [0.1, 0.15) is 0 Å². The molecule has 0 saturated carbocycles. The van der Waals surface area contributed by atoms with E-state index >= 15 is 0 Å². The van der Waals surface area contributed by atoms with Crippen LogP contribution in [-0.4, -0.2) is 23.9 Å². The molecular weight excluding hydrogens is 456 g/mol. The Morgan fingerprint density at radius 3 is 1.08 bits per heavy atom. The van der Waals surface area contributed by atoms with E-state index in [-0.39, 0.29) is 29.8 Å². The van der Waals surface area contributed by atoms with Crippen molar-refractivity contribution in [2.75, 3.05) is 0 Å². The molecule has 0 bridgehead atoms. The molecule has 0 aromatic rings.